The van der Waals surface area contributed by atoms with Gasteiger partial charge in [-0.1, -0.05) is 0 Å². The summed E-state index contributed by atoms with van der Waals surface area (Å²) >= 11 is 0. The zero-order valence-corrected chi connectivity index (χ0v) is 11.0. The summed E-state index contributed by atoms with van der Waals surface area (Å²) in [6.07, 6.45) is 4.02. The molecule has 1 aromatic heterocycles. The number of nitrogens with zero attached hydrogens (tertiary/aromatic N) is 4. The van der Waals surface area contributed by atoms with Crippen LogP contribution in [0.1, 0.15) is 16.8 Å². The lowest BCUT2D eigenvalue weighted by Gasteiger charge is -2.24. The average molecular weight is 250 g/mol. The van der Waals surface area contributed by atoms with E-state index in [1.165, 1.54) is 19.5 Å². The third-order valence-corrected chi connectivity index (χ3v) is 3.29. The van der Waals surface area contributed by atoms with E-state index < -0.39 is 0 Å². The lowest BCUT2D eigenvalue weighted by molar-refractivity contribution is 0.0736. The van der Waals surface area contributed by atoms with Gasteiger partial charge in [-0.3, -0.25) is 4.79 Å². The summed E-state index contributed by atoms with van der Waals surface area (Å²) in [6, 6.07) is 0.541. The second kappa shape index (κ2) is 5.30. The first-order valence-electron chi connectivity index (χ1n) is 5.93. The van der Waals surface area contributed by atoms with E-state index >= 15 is 0 Å². The lowest BCUT2D eigenvalue weighted by Crippen LogP contribution is -2.38. The summed E-state index contributed by atoms with van der Waals surface area (Å²) in [5.74, 6) is -0.0436. The summed E-state index contributed by atoms with van der Waals surface area (Å²) in [5, 5.41) is 0. The third-order valence-electron chi connectivity index (χ3n) is 3.29. The standard InChI is InChI=1S/C12H18N4O2/c1-15-5-4-10(8-15)16(2)11(17)9-6-13-12(18-3)14-7-9/h6-7,10H,4-5,8H2,1-3H3/t10-/m0/s1. The van der Waals surface area contributed by atoms with Gasteiger partial charge in [-0.15, -0.1) is 0 Å². The molecular weight excluding hydrogens is 232 g/mol. The molecule has 1 saturated heterocycles. The van der Waals surface area contributed by atoms with Crippen LogP contribution in [0.2, 0.25) is 0 Å². The molecule has 0 bridgehead atoms. The molecule has 0 spiro atoms. The first-order valence-corrected chi connectivity index (χ1v) is 5.93. The van der Waals surface area contributed by atoms with Gasteiger partial charge in [-0.05, 0) is 20.0 Å². The van der Waals surface area contributed by atoms with Gasteiger partial charge in [-0.2, -0.15) is 0 Å². The molecule has 1 amide bonds. The molecule has 2 heterocycles. The van der Waals surface area contributed by atoms with Crippen LogP contribution in [0, 0.1) is 0 Å². The van der Waals surface area contributed by atoms with Crippen LogP contribution in [-0.2, 0) is 0 Å². The zero-order valence-electron chi connectivity index (χ0n) is 11.0. The lowest BCUT2D eigenvalue weighted by atomic mass is 10.2. The molecule has 0 aliphatic carbocycles. The third kappa shape index (κ3) is 2.59. The van der Waals surface area contributed by atoms with Gasteiger partial charge in [0.25, 0.3) is 5.91 Å². The van der Waals surface area contributed by atoms with Crippen LogP contribution in [0.3, 0.4) is 0 Å². The minimum absolute atomic E-state index is 0.0436. The fourth-order valence-electron chi connectivity index (χ4n) is 2.13. The molecule has 1 fully saturated rings. The Morgan fingerprint density at radius 2 is 2.17 bits per heavy atom. The molecule has 2 rings (SSSR count). The SMILES string of the molecule is COc1ncc(C(=O)N(C)[C@H]2CCN(C)C2)cn1. The second-order valence-electron chi connectivity index (χ2n) is 4.58. The number of methoxy groups -OCH3 is 1. The fraction of sp³-hybridized carbons (Fsp3) is 0.583. The van der Waals surface area contributed by atoms with Crippen LogP contribution >= 0.6 is 0 Å². The molecule has 0 aromatic carbocycles. The molecule has 0 N–H and O–H groups in total. The molecule has 6 heteroatoms. The Morgan fingerprint density at radius 3 is 2.67 bits per heavy atom. The second-order valence-corrected chi connectivity index (χ2v) is 4.58. The largest absolute Gasteiger partial charge is 0.467 e. The van der Waals surface area contributed by atoms with E-state index in [0.717, 1.165) is 19.5 Å². The highest BCUT2D eigenvalue weighted by Crippen LogP contribution is 2.15. The maximum Gasteiger partial charge on any atom is 0.316 e. The molecule has 0 radical (unpaired) electrons. The highest BCUT2D eigenvalue weighted by Gasteiger charge is 2.27. The van der Waals surface area contributed by atoms with Crippen LogP contribution in [0.25, 0.3) is 0 Å². The van der Waals surface area contributed by atoms with Crippen LogP contribution in [0.5, 0.6) is 6.01 Å². The maximum absolute atomic E-state index is 12.2. The van der Waals surface area contributed by atoms with Crippen LogP contribution < -0.4 is 4.74 Å². The van der Waals surface area contributed by atoms with Gasteiger partial charge in [0.15, 0.2) is 0 Å². The molecule has 1 aromatic rings. The number of hydrogen-bond donors (Lipinski definition) is 0. The summed E-state index contributed by atoms with van der Waals surface area (Å²) in [7, 11) is 5.39. The van der Waals surface area contributed by atoms with E-state index in [4.69, 9.17) is 4.74 Å². The average Bonchev–Trinajstić information content (AvgIpc) is 2.84. The summed E-state index contributed by atoms with van der Waals surface area (Å²) in [4.78, 5) is 24.1. The monoisotopic (exact) mass is 250 g/mol. The Bertz CT molecular complexity index is 421. The number of aromatic nitrogens is 2. The highest BCUT2D eigenvalue weighted by atomic mass is 16.5. The van der Waals surface area contributed by atoms with Crippen molar-refractivity contribution in [2.24, 2.45) is 0 Å². The summed E-state index contributed by atoms with van der Waals surface area (Å²) in [6.45, 7) is 1.95. The summed E-state index contributed by atoms with van der Waals surface area (Å²) < 4.78 is 4.87. The van der Waals surface area contributed by atoms with E-state index in [0.29, 0.717) is 5.56 Å². The zero-order chi connectivity index (χ0) is 13.1. The van der Waals surface area contributed by atoms with Crippen molar-refractivity contribution in [2.45, 2.75) is 12.5 Å². The van der Waals surface area contributed by atoms with Gasteiger partial charge in [0, 0.05) is 32.0 Å². The fourth-order valence-corrected chi connectivity index (χ4v) is 2.13. The van der Waals surface area contributed by atoms with Gasteiger partial charge in [0.2, 0.25) is 0 Å². The predicted molar refractivity (Wildman–Crippen MR) is 66.6 cm³/mol. The van der Waals surface area contributed by atoms with Crippen molar-refractivity contribution in [1.82, 2.24) is 19.8 Å². The maximum atomic E-state index is 12.2. The van der Waals surface area contributed by atoms with E-state index in [2.05, 4.69) is 21.9 Å². The highest BCUT2D eigenvalue weighted by molar-refractivity contribution is 5.93. The Balaban J connectivity index is 2.05. The Labute approximate surface area is 107 Å². The van der Waals surface area contributed by atoms with E-state index in [9.17, 15) is 4.79 Å². The normalized spacial score (nSPS) is 19.8. The van der Waals surface area contributed by atoms with Crippen molar-refractivity contribution < 1.29 is 9.53 Å². The number of carbonyl (C=O) groups excluding carboxylic acids is 1. The Morgan fingerprint density at radius 1 is 1.50 bits per heavy atom. The van der Waals surface area contributed by atoms with Crippen LogP contribution in [-0.4, -0.2) is 66.0 Å². The molecule has 0 unspecified atom stereocenters. The number of likely N-dealkylation sites (N-methyl/N-ethyl adjacent to an activating group) is 2. The molecule has 1 aliphatic rings. The first-order chi connectivity index (χ1) is 8.61. The van der Waals surface area contributed by atoms with Gasteiger partial charge in [-0.25, -0.2) is 9.97 Å². The van der Waals surface area contributed by atoms with Crippen molar-refractivity contribution in [1.29, 1.82) is 0 Å². The topological polar surface area (TPSA) is 58.6 Å². The number of likely N-dealkylation sites (tertiary alicyclic amines) is 1. The van der Waals surface area contributed by atoms with Crippen molar-refractivity contribution in [2.75, 3.05) is 34.3 Å². The molecular formula is C12H18N4O2. The number of carbonyl (C=O) groups is 1. The van der Waals surface area contributed by atoms with E-state index in [1.807, 2.05) is 7.05 Å². The van der Waals surface area contributed by atoms with Crippen molar-refractivity contribution >= 4 is 5.91 Å². The number of ether oxygens (including phenoxy) is 1. The van der Waals surface area contributed by atoms with Gasteiger partial charge in [0.05, 0.1) is 12.7 Å². The minimum Gasteiger partial charge on any atom is -0.467 e. The van der Waals surface area contributed by atoms with E-state index in [-0.39, 0.29) is 18.0 Å². The van der Waals surface area contributed by atoms with Crippen molar-refractivity contribution in [3.8, 4) is 6.01 Å². The van der Waals surface area contributed by atoms with Gasteiger partial charge < -0.3 is 14.5 Å². The molecule has 1 aliphatic heterocycles. The Kier molecular flexibility index (Phi) is 3.76. The molecule has 98 valence electrons. The quantitative estimate of drug-likeness (QED) is 0.770. The van der Waals surface area contributed by atoms with Crippen molar-refractivity contribution in [3.05, 3.63) is 18.0 Å². The predicted octanol–water partition coefficient (Wildman–Crippen LogP) is 0.261. The van der Waals surface area contributed by atoms with E-state index in [1.54, 1.807) is 4.90 Å². The van der Waals surface area contributed by atoms with Gasteiger partial charge in [0.1, 0.15) is 0 Å². The van der Waals surface area contributed by atoms with Gasteiger partial charge >= 0.3 is 6.01 Å². The molecule has 1 atom stereocenters. The first kappa shape index (κ1) is 12.8. The summed E-state index contributed by atoms with van der Waals surface area (Å²) in [5.41, 5.74) is 0.493. The Hall–Kier alpha value is -1.69. The van der Waals surface area contributed by atoms with Crippen molar-refractivity contribution in [3.63, 3.8) is 0 Å². The van der Waals surface area contributed by atoms with Crippen LogP contribution in [0.15, 0.2) is 12.4 Å². The molecule has 18 heavy (non-hydrogen) atoms. The minimum atomic E-state index is -0.0436. The molecule has 0 saturated carbocycles. The number of amides is 1. The smallest absolute Gasteiger partial charge is 0.316 e. The number of hydrogen-bond acceptors (Lipinski definition) is 5. The molecule has 6 nitrogen and oxygen atoms in total. The number of rotatable bonds is 3. The van der Waals surface area contributed by atoms with Crippen LogP contribution in [0.4, 0.5) is 0 Å².